The van der Waals surface area contributed by atoms with E-state index in [4.69, 9.17) is 0 Å². The lowest BCUT2D eigenvalue weighted by Gasteiger charge is -2.21. The van der Waals surface area contributed by atoms with Crippen LogP contribution in [0.25, 0.3) is 11.3 Å². The van der Waals surface area contributed by atoms with E-state index >= 15 is 0 Å². The molecule has 3 N–H and O–H groups in total. The monoisotopic (exact) mass is 477 g/mol. The van der Waals surface area contributed by atoms with E-state index < -0.39 is 10.0 Å². The predicted molar refractivity (Wildman–Crippen MR) is 131 cm³/mol. The maximum atomic E-state index is 12.7. The molecule has 0 unspecified atom stereocenters. The average molecular weight is 478 g/mol. The average Bonchev–Trinajstić information content (AvgIpc) is 2.99. The molecule has 1 aliphatic heterocycles. The Kier molecular flexibility index (Phi) is 6.30. The van der Waals surface area contributed by atoms with Gasteiger partial charge in [0.2, 0.25) is 21.9 Å². The van der Waals surface area contributed by atoms with Gasteiger partial charge in [0.15, 0.2) is 0 Å². The molecule has 0 atom stereocenters. The molecule has 9 heteroatoms. The van der Waals surface area contributed by atoms with Crippen LogP contribution in [0.5, 0.6) is 0 Å². The van der Waals surface area contributed by atoms with Gasteiger partial charge in [-0.2, -0.15) is 0 Å². The summed E-state index contributed by atoms with van der Waals surface area (Å²) in [5.41, 5.74) is 3.66. The molecule has 1 aromatic heterocycles. The highest BCUT2D eigenvalue weighted by Gasteiger charge is 2.21. The van der Waals surface area contributed by atoms with Gasteiger partial charge in [0.25, 0.3) is 0 Å². The summed E-state index contributed by atoms with van der Waals surface area (Å²) in [6, 6.07) is 14.1. The van der Waals surface area contributed by atoms with Crippen molar-refractivity contribution in [3.63, 3.8) is 0 Å². The second kappa shape index (κ2) is 9.52. The van der Waals surface area contributed by atoms with Crippen molar-refractivity contribution in [1.29, 1.82) is 0 Å². The van der Waals surface area contributed by atoms with Crippen LogP contribution < -0.4 is 15.4 Å². The number of amides is 1. The van der Waals surface area contributed by atoms with Gasteiger partial charge in [-0.25, -0.2) is 23.1 Å². The van der Waals surface area contributed by atoms with Crippen LogP contribution in [0.2, 0.25) is 0 Å². The lowest BCUT2D eigenvalue weighted by molar-refractivity contribution is -0.115. The maximum absolute atomic E-state index is 12.7. The minimum absolute atomic E-state index is 0.107. The Morgan fingerprint density at radius 2 is 1.76 bits per heavy atom. The number of para-hydroxylation sites is 1. The van der Waals surface area contributed by atoms with Gasteiger partial charge in [0.1, 0.15) is 0 Å². The van der Waals surface area contributed by atoms with E-state index in [2.05, 4.69) is 25.3 Å². The van der Waals surface area contributed by atoms with Gasteiger partial charge in [0, 0.05) is 29.6 Å². The van der Waals surface area contributed by atoms with E-state index in [9.17, 15) is 13.2 Å². The van der Waals surface area contributed by atoms with E-state index in [1.54, 1.807) is 30.5 Å². The van der Waals surface area contributed by atoms with E-state index in [0.717, 1.165) is 24.0 Å². The van der Waals surface area contributed by atoms with Crippen LogP contribution in [0.4, 0.5) is 17.3 Å². The number of carbonyl (C=O) groups is 1. The molecule has 0 saturated heterocycles. The van der Waals surface area contributed by atoms with Gasteiger partial charge in [-0.05, 0) is 49.1 Å². The van der Waals surface area contributed by atoms with Crippen LogP contribution in [0.1, 0.15) is 37.7 Å². The van der Waals surface area contributed by atoms with Crippen molar-refractivity contribution < 1.29 is 13.2 Å². The van der Waals surface area contributed by atoms with Crippen molar-refractivity contribution in [2.75, 3.05) is 17.2 Å². The fourth-order valence-corrected chi connectivity index (χ4v) is 5.66. The van der Waals surface area contributed by atoms with Crippen LogP contribution in [0.3, 0.4) is 0 Å². The third kappa shape index (κ3) is 4.95. The second-order valence-corrected chi connectivity index (χ2v) is 10.6. The van der Waals surface area contributed by atoms with Gasteiger partial charge in [-0.15, -0.1) is 0 Å². The molecule has 0 spiro atoms. The van der Waals surface area contributed by atoms with Crippen LogP contribution in [-0.4, -0.2) is 30.8 Å². The van der Waals surface area contributed by atoms with Crippen molar-refractivity contribution in [2.24, 2.45) is 5.92 Å². The number of aromatic nitrogens is 2. The Morgan fingerprint density at radius 1 is 1.00 bits per heavy atom. The first-order valence-electron chi connectivity index (χ1n) is 11.6. The predicted octanol–water partition coefficient (Wildman–Crippen LogP) is 4.24. The number of rotatable bonds is 6. The summed E-state index contributed by atoms with van der Waals surface area (Å²) in [4.78, 5) is 21.4. The van der Waals surface area contributed by atoms with Gasteiger partial charge in [-0.3, -0.25) is 4.79 Å². The normalized spacial score (nSPS) is 16.2. The zero-order valence-corrected chi connectivity index (χ0v) is 19.6. The number of nitrogens with zero attached hydrogens (tertiary/aromatic N) is 2. The van der Waals surface area contributed by atoms with E-state index in [1.807, 2.05) is 24.3 Å². The van der Waals surface area contributed by atoms with Crippen molar-refractivity contribution in [3.8, 4) is 11.3 Å². The zero-order valence-electron chi connectivity index (χ0n) is 18.8. The number of fused-ring (bicyclic) bond motifs is 3. The smallest absolute Gasteiger partial charge is 0.240 e. The highest BCUT2D eigenvalue weighted by molar-refractivity contribution is 7.89. The molecule has 176 valence electrons. The van der Waals surface area contributed by atoms with Crippen LogP contribution in [0.15, 0.2) is 59.6 Å². The molecule has 1 amide bonds. The largest absolute Gasteiger partial charge is 0.325 e. The van der Waals surface area contributed by atoms with E-state index in [0.29, 0.717) is 35.5 Å². The topological polar surface area (TPSA) is 113 Å². The summed E-state index contributed by atoms with van der Waals surface area (Å²) in [5, 5.41) is 6.04. The summed E-state index contributed by atoms with van der Waals surface area (Å²) >= 11 is 0. The van der Waals surface area contributed by atoms with Gasteiger partial charge in [0.05, 0.1) is 22.7 Å². The fraction of sp³-hybridized carbons (Fsp3) is 0.320. The lowest BCUT2D eigenvalue weighted by atomic mass is 9.90. The van der Waals surface area contributed by atoms with Gasteiger partial charge in [-0.1, -0.05) is 37.5 Å². The molecule has 1 saturated carbocycles. The molecule has 2 aromatic carbocycles. The van der Waals surface area contributed by atoms with Gasteiger partial charge >= 0.3 is 0 Å². The zero-order chi connectivity index (χ0) is 23.5. The van der Waals surface area contributed by atoms with Crippen LogP contribution in [0, 0.1) is 5.92 Å². The Morgan fingerprint density at radius 3 is 2.56 bits per heavy atom. The molecule has 0 bridgehead atoms. The van der Waals surface area contributed by atoms with Gasteiger partial charge < -0.3 is 10.6 Å². The molecule has 5 rings (SSSR count). The van der Waals surface area contributed by atoms with E-state index in [1.165, 1.54) is 19.3 Å². The Balaban J connectivity index is 1.31. The molecule has 8 nitrogen and oxygen atoms in total. The molecular weight excluding hydrogens is 450 g/mol. The number of anilines is 3. The molecule has 2 aliphatic rings. The van der Waals surface area contributed by atoms with Crippen molar-refractivity contribution in [3.05, 3.63) is 60.3 Å². The summed E-state index contributed by atoms with van der Waals surface area (Å²) < 4.78 is 28.1. The third-order valence-electron chi connectivity index (χ3n) is 6.38. The summed E-state index contributed by atoms with van der Waals surface area (Å²) in [7, 11) is -3.55. The fourth-order valence-electron chi connectivity index (χ4n) is 4.54. The highest BCUT2D eigenvalue weighted by atomic mass is 32.2. The Bertz CT molecular complexity index is 1300. The number of benzene rings is 2. The number of sulfonamides is 1. The highest BCUT2D eigenvalue weighted by Crippen LogP contribution is 2.33. The van der Waals surface area contributed by atoms with E-state index in [-0.39, 0.29) is 17.2 Å². The maximum Gasteiger partial charge on any atom is 0.240 e. The summed E-state index contributed by atoms with van der Waals surface area (Å²) in [6.45, 7) is 0.490. The standard InChI is InChI=1S/C25H27N5O3S/c31-23-14-18-16-26-25(30-24(18)21-8-4-5-9-22(21)29-23)28-19-10-12-20(13-11-19)34(32,33)27-15-17-6-2-1-3-7-17/h4-5,8-13,16-17,27H,1-3,6-7,14-15H2,(H,29,31)(H,26,28,30). The summed E-state index contributed by atoms with van der Waals surface area (Å²) in [5.74, 6) is 0.684. The van der Waals surface area contributed by atoms with Crippen LogP contribution >= 0.6 is 0 Å². The summed E-state index contributed by atoms with van der Waals surface area (Å²) in [6.07, 6.45) is 7.62. The second-order valence-electron chi connectivity index (χ2n) is 8.84. The molecule has 0 radical (unpaired) electrons. The van der Waals surface area contributed by atoms with Crippen molar-refractivity contribution in [1.82, 2.24) is 14.7 Å². The quantitative estimate of drug-likeness (QED) is 0.489. The number of nitrogens with one attached hydrogen (secondary N) is 3. The van der Waals surface area contributed by atoms with Crippen molar-refractivity contribution >= 4 is 33.3 Å². The molecule has 1 fully saturated rings. The Hall–Kier alpha value is -3.30. The molecule has 3 aromatic rings. The number of hydrogen-bond donors (Lipinski definition) is 3. The van der Waals surface area contributed by atoms with Crippen molar-refractivity contribution in [2.45, 2.75) is 43.4 Å². The molecular formula is C25H27N5O3S. The molecule has 34 heavy (non-hydrogen) atoms. The number of hydrogen-bond acceptors (Lipinski definition) is 6. The first-order chi connectivity index (χ1) is 16.5. The molecule has 2 heterocycles. The minimum Gasteiger partial charge on any atom is -0.325 e. The number of carbonyl (C=O) groups excluding carboxylic acids is 1. The minimum atomic E-state index is -3.55. The Labute approximate surface area is 199 Å². The lowest BCUT2D eigenvalue weighted by Crippen LogP contribution is -2.30. The first-order valence-corrected chi connectivity index (χ1v) is 13.1. The first kappa shape index (κ1) is 22.5. The SMILES string of the molecule is O=C1Cc2cnc(Nc3ccc(S(=O)(=O)NCC4CCCCC4)cc3)nc2-c2ccccc2N1. The van der Waals surface area contributed by atoms with Crippen LogP contribution in [-0.2, 0) is 21.2 Å². The third-order valence-corrected chi connectivity index (χ3v) is 7.82. The molecule has 1 aliphatic carbocycles.